The lowest BCUT2D eigenvalue weighted by molar-refractivity contribution is -0.122. The number of benzene rings is 2. The van der Waals surface area contributed by atoms with E-state index in [9.17, 15) is 14.4 Å². The van der Waals surface area contributed by atoms with Gasteiger partial charge in [-0.25, -0.2) is 0 Å². The maximum Gasteiger partial charge on any atom is 0.273 e. The Kier molecular flexibility index (Phi) is 7.99. The third-order valence-electron chi connectivity index (χ3n) is 5.91. The number of hydrogen-bond acceptors (Lipinski definition) is 8. The number of aryl methyl sites for hydroxylation is 2. The molecule has 10 nitrogen and oxygen atoms in total. The number of carbonyl (C=O) groups is 3. The molecule has 0 fully saturated rings. The highest BCUT2D eigenvalue weighted by Crippen LogP contribution is 2.35. The number of primary amides is 1. The summed E-state index contributed by atoms with van der Waals surface area (Å²) < 4.78 is 9.09. The van der Waals surface area contributed by atoms with Gasteiger partial charge in [0, 0.05) is 30.9 Å². The number of aromatic nitrogens is 2. The van der Waals surface area contributed by atoms with Crippen LogP contribution in [0.4, 0.5) is 11.4 Å². The van der Waals surface area contributed by atoms with Gasteiger partial charge in [0.15, 0.2) is 5.69 Å². The van der Waals surface area contributed by atoms with Gasteiger partial charge in [0.05, 0.1) is 17.8 Å². The minimum atomic E-state index is -1.09. The van der Waals surface area contributed by atoms with Crippen molar-refractivity contribution < 1.29 is 19.1 Å². The van der Waals surface area contributed by atoms with Gasteiger partial charge in [0.1, 0.15) is 10.9 Å². The molecule has 0 unspecified atom stereocenters. The molecule has 2 heterocycles. The number of nitrogens with two attached hydrogens (primary N) is 2. The van der Waals surface area contributed by atoms with E-state index in [0.29, 0.717) is 17.9 Å². The monoisotopic (exact) mass is 532 g/mol. The molecule has 0 aliphatic heterocycles. The number of methoxy groups -OCH3 is 1. The Labute approximate surface area is 223 Å². The fourth-order valence-corrected chi connectivity index (χ4v) is 5.01. The Balaban J connectivity index is 1.93. The zero-order valence-electron chi connectivity index (χ0n) is 21.2. The summed E-state index contributed by atoms with van der Waals surface area (Å²) in [5, 5.41) is 3.67. The number of hydrogen-bond donors (Lipinski definition) is 3. The predicted molar refractivity (Wildman–Crippen MR) is 147 cm³/mol. The molecule has 1 atom stereocenters. The molecule has 0 radical (unpaired) electrons. The van der Waals surface area contributed by atoms with Crippen LogP contribution in [0.5, 0.6) is 0 Å². The second-order valence-corrected chi connectivity index (χ2v) is 9.57. The summed E-state index contributed by atoms with van der Waals surface area (Å²) in [5.74, 6) is -1.85. The molecule has 4 aromatic rings. The van der Waals surface area contributed by atoms with Crippen molar-refractivity contribution in [1.82, 2.24) is 14.7 Å². The van der Waals surface area contributed by atoms with Crippen molar-refractivity contribution in [3.63, 3.8) is 0 Å². The van der Waals surface area contributed by atoms with E-state index in [-0.39, 0.29) is 22.8 Å². The number of nitrogens with zero attached hydrogens (tertiary/aromatic N) is 3. The Bertz CT molecular complexity index is 1500. The fourth-order valence-electron chi connectivity index (χ4n) is 4.27. The molecule has 0 aliphatic carbocycles. The van der Waals surface area contributed by atoms with Crippen LogP contribution >= 0.6 is 11.5 Å². The molecule has 2 aromatic carbocycles. The van der Waals surface area contributed by atoms with E-state index in [1.54, 1.807) is 24.4 Å². The number of nitrogens with one attached hydrogen (secondary N) is 1. The smallest absolute Gasteiger partial charge is 0.273 e. The first-order chi connectivity index (χ1) is 18.2. The normalized spacial score (nSPS) is 11.8. The molecule has 38 heavy (non-hydrogen) atoms. The van der Waals surface area contributed by atoms with Crippen molar-refractivity contribution in [2.45, 2.75) is 19.9 Å². The van der Waals surface area contributed by atoms with E-state index in [1.807, 2.05) is 44.2 Å². The first-order valence-electron chi connectivity index (χ1n) is 11.8. The highest BCUT2D eigenvalue weighted by Gasteiger charge is 2.36. The van der Waals surface area contributed by atoms with Gasteiger partial charge in [-0.05, 0) is 72.4 Å². The lowest BCUT2D eigenvalue weighted by atomic mass is 9.99. The number of anilines is 2. The summed E-state index contributed by atoms with van der Waals surface area (Å²) in [6.07, 6.45) is 1.69. The molecule has 0 spiro atoms. The Morgan fingerprint density at radius 2 is 1.84 bits per heavy atom. The first kappa shape index (κ1) is 26.7. The Morgan fingerprint density at radius 1 is 1.11 bits per heavy atom. The summed E-state index contributed by atoms with van der Waals surface area (Å²) in [6, 6.07) is 13.6. The minimum absolute atomic E-state index is 0.00936. The van der Waals surface area contributed by atoms with Crippen molar-refractivity contribution >= 4 is 51.5 Å². The zero-order chi connectivity index (χ0) is 27.4. The van der Waals surface area contributed by atoms with E-state index in [2.05, 4.69) is 14.7 Å². The summed E-state index contributed by atoms with van der Waals surface area (Å²) in [7, 11) is 1.54. The van der Waals surface area contributed by atoms with Crippen LogP contribution in [0.25, 0.3) is 10.9 Å². The van der Waals surface area contributed by atoms with E-state index in [1.165, 1.54) is 12.0 Å². The number of pyridine rings is 1. The molecule has 0 saturated carbocycles. The van der Waals surface area contributed by atoms with Crippen LogP contribution in [0.1, 0.15) is 42.9 Å². The van der Waals surface area contributed by atoms with Gasteiger partial charge >= 0.3 is 0 Å². The number of fused-ring (bicyclic) bond motifs is 1. The van der Waals surface area contributed by atoms with Gasteiger partial charge < -0.3 is 21.5 Å². The van der Waals surface area contributed by atoms with Crippen LogP contribution in [-0.4, -0.2) is 47.3 Å². The topological polar surface area (TPSA) is 154 Å². The average molecular weight is 533 g/mol. The highest BCUT2D eigenvalue weighted by molar-refractivity contribution is 7.09. The van der Waals surface area contributed by atoms with Crippen LogP contribution in [0.2, 0.25) is 0 Å². The molecule has 196 valence electrons. The lowest BCUT2D eigenvalue weighted by Crippen LogP contribution is -2.44. The van der Waals surface area contributed by atoms with Crippen LogP contribution in [0.15, 0.2) is 54.7 Å². The van der Waals surface area contributed by atoms with Gasteiger partial charge in [-0.2, -0.15) is 4.37 Å². The average Bonchev–Trinajstić information content (AvgIpc) is 3.27. The van der Waals surface area contributed by atoms with Crippen LogP contribution in [0, 0.1) is 13.8 Å². The molecule has 3 amide bonds. The van der Waals surface area contributed by atoms with Gasteiger partial charge in [0.2, 0.25) is 5.91 Å². The third kappa shape index (κ3) is 5.48. The molecule has 0 saturated heterocycles. The highest BCUT2D eigenvalue weighted by atomic mass is 32.1. The maximum atomic E-state index is 14.2. The molecule has 0 aliphatic rings. The molecule has 2 aromatic heterocycles. The van der Waals surface area contributed by atoms with E-state index >= 15 is 0 Å². The van der Waals surface area contributed by atoms with Crippen LogP contribution in [-0.2, 0) is 9.53 Å². The number of carbonyl (C=O) groups excluding carboxylic acids is 3. The molecule has 11 heteroatoms. The summed E-state index contributed by atoms with van der Waals surface area (Å²) in [6.45, 7) is 4.34. The summed E-state index contributed by atoms with van der Waals surface area (Å²) in [4.78, 5) is 45.5. The Morgan fingerprint density at radius 3 is 2.50 bits per heavy atom. The predicted octanol–water partition coefficient (Wildman–Crippen LogP) is 3.14. The van der Waals surface area contributed by atoms with Crippen LogP contribution < -0.4 is 21.7 Å². The van der Waals surface area contributed by atoms with Crippen molar-refractivity contribution in [2.75, 3.05) is 30.9 Å². The molecular weight excluding hydrogens is 504 g/mol. The van der Waals surface area contributed by atoms with E-state index in [0.717, 1.165) is 33.6 Å². The minimum Gasteiger partial charge on any atom is -0.395 e. The molecular formula is C27H28N6O4S. The summed E-state index contributed by atoms with van der Waals surface area (Å²) >= 11 is 0.764. The van der Waals surface area contributed by atoms with Gasteiger partial charge in [-0.3, -0.25) is 24.3 Å². The zero-order valence-corrected chi connectivity index (χ0v) is 22.0. The quantitative estimate of drug-likeness (QED) is 0.280. The number of nitrogen functional groups attached to an aromatic ring is 1. The van der Waals surface area contributed by atoms with Crippen molar-refractivity contribution in [1.29, 1.82) is 0 Å². The summed E-state index contributed by atoms with van der Waals surface area (Å²) in [5.41, 5.74) is 14.8. The van der Waals surface area contributed by atoms with Crippen molar-refractivity contribution in [3.05, 3.63) is 82.0 Å². The van der Waals surface area contributed by atoms with Crippen LogP contribution in [0.3, 0.4) is 0 Å². The van der Waals surface area contributed by atoms with Gasteiger partial charge in [0.25, 0.3) is 11.8 Å². The van der Waals surface area contributed by atoms with E-state index in [4.69, 9.17) is 16.2 Å². The molecule has 4 rings (SSSR count). The second-order valence-electron chi connectivity index (χ2n) is 8.80. The number of amides is 3. The lowest BCUT2D eigenvalue weighted by Gasteiger charge is -2.32. The number of rotatable bonds is 9. The molecule has 0 bridgehead atoms. The van der Waals surface area contributed by atoms with Crippen molar-refractivity contribution in [3.8, 4) is 0 Å². The van der Waals surface area contributed by atoms with E-state index < -0.39 is 23.8 Å². The fraction of sp³-hybridized carbons (Fsp3) is 0.222. The maximum absolute atomic E-state index is 14.2. The second kappa shape index (κ2) is 11.4. The van der Waals surface area contributed by atoms with Gasteiger partial charge in [-0.15, -0.1) is 0 Å². The van der Waals surface area contributed by atoms with Gasteiger partial charge in [-0.1, -0.05) is 18.2 Å². The SMILES string of the molecule is COCCNC(=O)[C@@H](c1ccc2ncccc2c1)N(C(=O)c1snc(C(N)=O)c1N)c1cc(C)cc(C)c1. The number of ether oxygens (including phenoxy) is 1. The Hall–Kier alpha value is -4.35. The molecule has 5 N–H and O–H groups in total. The standard InChI is InChI=1S/C27H28N6O4S/c1-15-11-16(2)13-19(12-15)33(27(36)24-21(28)22(25(29)34)32-38-24)23(26(35)31-9-10-37-3)18-6-7-20-17(14-18)5-4-8-30-20/h4-8,11-14,23H,9-10,28H2,1-3H3,(H2,29,34)(H,31,35)/t23-/m1/s1. The van der Waals surface area contributed by atoms with Crippen molar-refractivity contribution in [2.24, 2.45) is 5.73 Å². The first-order valence-corrected chi connectivity index (χ1v) is 12.6. The third-order valence-corrected chi connectivity index (χ3v) is 6.76. The largest absolute Gasteiger partial charge is 0.395 e.